The van der Waals surface area contributed by atoms with Crippen LogP contribution in [0.3, 0.4) is 0 Å². The number of rotatable bonds is 5. The summed E-state index contributed by atoms with van der Waals surface area (Å²) in [5.74, 6) is 2.56. The molecular weight excluding hydrogens is 176 g/mol. The maximum atomic E-state index is 9.86. The van der Waals surface area contributed by atoms with Gasteiger partial charge in [0.2, 0.25) is 0 Å². The Bertz CT molecular complexity index is 319. The van der Waals surface area contributed by atoms with E-state index in [9.17, 15) is 4.79 Å². The first-order valence-corrected chi connectivity index (χ1v) is 4.47. The highest BCUT2D eigenvalue weighted by Gasteiger charge is 1.93. The first-order chi connectivity index (χ1) is 6.86. The summed E-state index contributed by atoms with van der Waals surface area (Å²) in [6.45, 7) is 0.946. The van der Waals surface area contributed by atoms with Crippen LogP contribution < -0.4 is 0 Å². The average Bonchev–Trinajstić information content (AvgIpc) is 2.25. The molecule has 0 aliphatic carbocycles. The molecule has 14 heavy (non-hydrogen) atoms. The monoisotopic (exact) mass is 188 g/mol. The average molecular weight is 188 g/mol. The molecule has 0 aliphatic rings. The minimum atomic E-state index is 0.473. The van der Waals surface area contributed by atoms with Gasteiger partial charge in [-0.1, -0.05) is 18.1 Å². The molecule has 0 N–H and O–H groups in total. The lowest BCUT2D eigenvalue weighted by molar-refractivity contribution is -0.128. The number of ether oxygens (including phenoxy) is 1. The van der Waals surface area contributed by atoms with Crippen LogP contribution in [0.1, 0.15) is 17.5 Å². The number of terminal acetylenes is 1. The fourth-order valence-corrected chi connectivity index (χ4v) is 1.18. The third kappa shape index (κ3) is 3.32. The van der Waals surface area contributed by atoms with E-state index in [4.69, 9.17) is 6.42 Å². The van der Waals surface area contributed by atoms with Crippen molar-refractivity contribution in [2.75, 3.05) is 6.61 Å². The molecule has 2 heteroatoms. The zero-order chi connectivity index (χ0) is 10.2. The van der Waals surface area contributed by atoms with E-state index in [-0.39, 0.29) is 0 Å². The zero-order valence-corrected chi connectivity index (χ0v) is 7.90. The molecular formula is C12H12O2. The van der Waals surface area contributed by atoms with Crippen LogP contribution >= 0.6 is 0 Å². The largest absolute Gasteiger partial charge is 0.468 e. The van der Waals surface area contributed by atoms with Crippen molar-refractivity contribution in [3.63, 3.8) is 0 Å². The number of hydrogen-bond acceptors (Lipinski definition) is 2. The molecule has 1 rings (SSSR count). The van der Waals surface area contributed by atoms with Gasteiger partial charge in [0, 0.05) is 5.56 Å². The summed E-state index contributed by atoms with van der Waals surface area (Å²) < 4.78 is 4.59. The van der Waals surface area contributed by atoms with E-state index < -0.39 is 0 Å². The Morgan fingerprint density at radius 1 is 1.36 bits per heavy atom. The van der Waals surface area contributed by atoms with Crippen LogP contribution in [0.25, 0.3) is 0 Å². The summed E-state index contributed by atoms with van der Waals surface area (Å²) >= 11 is 0. The Morgan fingerprint density at radius 3 is 2.64 bits per heavy atom. The minimum absolute atomic E-state index is 0.473. The van der Waals surface area contributed by atoms with Crippen molar-refractivity contribution in [1.29, 1.82) is 0 Å². The second kappa shape index (κ2) is 5.82. The van der Waals surface area contributed by atoms with E-state index in [1.807, 2.05) is 24.3 Å². The molecule has 72 valence electrons. The molecule has 0 heterocycles. The fraction of sp³-hybridized carbons (Fsp3) is 0.250. The predicted octanol–water partition coefficient (Wildman–Crippen LogP) is 1.77. The third-order valence-corrected chi connectivity index (χ3v) is 1.92. The molecule has 0 atom stereocenters. The summed E-state index contributed by atoms with van der Waals surface area (Å²) in [5.41, 5.74) is 2.09. The highest BCUT2D eigenvalue weighted by atomic mass is 16.5. The number of carbonyl (C=O) groups excluding carboxylic acids is 1. The molecule has 0 aliphatic heterocycles. The molecule has 2 nitrogen and oxygen atoms in total. The summed E-state index contributed by atoms with van der Waals surface area (Å²) in [4.78, 5) is 9.86. The summed E-state index contributed by atoms with van der Waals surface area (Å²) in [6, 6.07) is 7.82. The highest BCUT2D eigenvalue weighted by Crippen LogP contribution is 2.05. The summed E-state index contributed by atoms with van der Waals surface area (Å²) in [7, 11) is 0. The van der Waals surface area contributed by atoms with Crippen LogP contribution in [0, 0.1) is 12.3 Å². The lowest BCUT2D eigenvalue weighted by Crippen LogP contribution is -1.94. The third-order valence-electron chi connectivity index (χ3n) is 1.92. The van der Waals surface area contributed by atoms with Crippen LogP contribution in [0.15, 0.2) is 24.3 Å². The summed E-state index contributed by atoms with van der Waals surface area (Å²) in [5, 5.41) is 0. The molecule has 1 aromatic rings. The van der Waals surface area contributed by atoms with Gasteiger partial charge in [-0.2, -0.15) is 0 Å². The fourth-order valence-electron chi connectivity index (χ4n) is 1.18. The maximum Gasteiger partial charge on any atom is 0.293 e. The lowest BCUT2D eigenvalue weighted by Gasteiger charge is -2.00. The van der Waals surface area contributed by atoms with Crippen LogP contribution in [-0.2, 0) is 16.0 Å². The van der Waals surface area contributed by atoms with Crippen molar-refractivity contribution in [2.24, 2.45) is 0 Å². The van der Waals surface area contributed by atoms with Crippen molar-refractivity contribution in [2.45, 2.75) is 12.8 Å². The van der Waals surface area contributed by atoms with Gasteiger partial charge >= 0.3 is 0 Å². The Labute approximate surface area is 83.9 Å². The standard InChI is InChI=1S/C12H12O2/c1-2-11-5-7-12(8-6-11)4-3-9-14-10-13/h1,5-8,10H,3-4,9H2. The molecule has 0 fully saturated rings. The van der Waals surface area contributed by atoms with Crippen LogP contribution in [-0.4, -0.2) is 13.1 Å². The van der Waals surface area contributed by atoms with Gasteiger partial charge in [-0.15, -0.1) is 6.42 Å². The molecule has 0 amide bonds. The first-order valence-electron chi connectivity index (χ1n) is 4.47. The van der Waals surface area contributed by atoms with E-state index in [1.165, 1.54) is 5.56 Å². The van der Waals surface area contributed by atoms with Crippen molar-refractivity contribution in [1.82, 2.24) is 0 Å². The number of carbonyl (C=O) groups is 1. The van der Waals surface area contributed by atoms with E-state index in [0.717, 1.165) is 18.4 Å². The second-order valence-corrected chi connectivity index (χ2v) is 2.91. The topological polar surface area (TPSA) is 26.3 Å². The van der Waals surface area contributed by atoms with Crippen LogP contribution in [0.2, 0.25) is 0 Å². The minimum Gasteiger partial charge on any atom is -0.468 e. The molecule has 0 saturated heterocycles. The van der Waals surface area contributed by atoms with Crippen LogP contribution in [0.5, 0.6) is 0 Å². The molecule has 0 unspecified atom stereocenters. The smallest absolute Gasteiger partial charge is 0.293 e. The van der Waals surface area contributed by atoms with E-state index in [1.54, 1.807) is 0 Å². The van der Waals surface area contributed by atoms with Crippen molar-refractivity contribution < 1.29 is 9.53 Å². The Balaban J connectivity index is 2.37. The Kier molecular flexibility index (Phi) is 4.30. The van der Waals surface area contributed by atoms with E-state index >= 15 is 0 Å². The van der Waals surface area contributed by atoms with Crippen molar-refractivity contribution in [3.05, 3.63) is 35.4 Å². The van der Waals surface area contributed by atoms with Crippen molar-refractivity contribution in [3.8, 4) is 12.3 Å². The van der Waals surface area contributed by atoms with Crippen LogP contribution in [0.4, 0.5) is 0 Å². The zero-order valence-electron chi connectivity index (χ0n) is 7.90. The van der Waals surface area contributed by atoms with Gasteiger partial charge in [-0.05, 0) is 30.5 Å². The number of aryl methyl sites for hydroxylation is 1. The quantitative estimate of drug-likeness (QED) is 0.400. The first kappa shape index (κ1) is 10.3. The molecule has 0 radical (unpaired) electrons. The normalized spacial score (nSPS) is 9.07. The predicted molar refractivity (Wildman–Crippen MR) is 54.7 cm³/mol. The molecule has 0 aromatic heterocycles. The SMILES string of the molecule is C#Cc1ccc(CCCOC=O)cc1. The van der Waals surface area contributed by atoms with Gasteiger partial charge in [0.1, 0.15) is 0 Å². The molecule has 0 bridgehead atoms. The number of benzene rings is 1. The lowest BCUT2D eigenvalue weighted by atomic mass is 10.1. The van der Waals surface area contributed by atoms with E-state index in [2.05, 4.69) is 10.7 Å². The van der Waals surface area contributed by atoms with Gasteiger partial charge in [-0.25, -0.2) is 0 Å². The summed E-state index contributed by atoms with van der Waals surface area (Å²) in [6.07, 6.45) is 6.97. The van der Waals surface area contributed by atoms with Gasteiger partial charge in [-0.3, -0.25) is 4.79 Å². The van der Waals surface area contributed by atoms with Gasteiger partial charge < -0.3 is 4.74 Å². The van der Waals surface area contributed by atoms with E-state index in [0.29, 0.717) is 13.1 Å². The Hall–Kier alpha value is -1.75. The molecule has 1 aromatic carbocycles. The Morgan fingerprint density at radius 2 is 2.07 bits per heavy atom. The van der Waals surface area contributed by atoms with Gasteiger partial charge in [0.05, 0.1) is 6.61 Å². The second-order valence-electron chi connectivity index (χ2n) is 2.91. The molecule has 0 spiro atoms. The highest BCUT2D eigenvalue weighted by molar-refractivity contribution is 5.37. The number of hydrogen-bond donors (Lipinski definition) is 0. The molecule has 0 saturated carbocycles. The maximum absolute atomic E-state index is 9.86. The van der Waals surface area contributed by atoms with Crippen molar-refractivity contribution >= 4 is 6.47 Å². The van der Waals surface area contributed by atoms with Gasteiger partial charge in [0.15, 0.2) is 0 Å². The van der Waals surface area contributed by atoms with Gasteiger partial charge in [0.25, 0.3) is 6.47 Å².